The minimum atomic E-state index is -1.76. The second-order valence-electron chi connectivity index (χ2n) is 4.35. The molecule has 1 heterocycles. The SMILES string of the molecule is O=C(O)[C@@H]1O[C@@H](Oc2ccc(O)cc2)[C@H](O)[C@H](O)[C@@H]1O. The molecule has 20 heavy (non-hydrogen) atoms. The van der Waals surface area contributed by atoms with Crippen LogP contribution in [0.5, 0.6) is 11.5 Å². The van der Waals surface area contributed by atoms with E-state index in [2.05, 4.69) is 0 Å². The minimum Gasteiger partial charge on any atom is -0.508 e. The number of aliphatic hydroxyl groups is 3. The van der Waals surface area contributed by atoms with Crippen molar-refractivity contribution in [3.63, 3.8) is 0 Å². The van der Waals surface area contributed by atoms with E-state index in [0.29, 0.717) is 0 Å². The van der Waals surface area contributed by atoms with E-state index in [1.54, 1.807) is 0 Å². The van der Waals surface area contributed by atoms with Crippen molar-refractivity contribution in [3.8, 4) is 11.5 Å². The second kappa shape index (κ2) is 5.63. The van der Waals surface area contributed by atoms with Gasteiger partial charge in [-0.25, -0.2) is 4.79 Å². The fourth-order valence-corrected chi connectivity index (χ4v) is 1.81. The third-order valence-corrected chi connectivity index (χ3v) is 2.90. The molecule has 110 valence electrons. The average Bonchev–Trinajstić information content (AvgIpc) is 2.41. The number of phenols is 1. The van der Waals surface area contributed by atoms with Gasteiger partial charge >= 0.3 is 5.97 Å². The van der Waals surface area contributed by atoms with Gasteiger partial charge in [0.15, 0.2) is 6.10 Å². The van der Waals surface area contributed by atoms with Gasteiger partial charge in [0, 0.05) is 0 Å². The highest BCUT2D eigenvalue weighted by Gasteiger charge is 2.48. The molecule has 0 amide bonds. The Labute approximate surface area is 113 Å². The monoisotopic (exact) mass is 286 g/mol. The Morgan fingerprint density at radius 3 is 2.20 bits per heavy atom. The first-order valence-electron chi connectivity index (χ1n) is 5.78. The molecule has 0 saturated carbocycles. The molecule has 0 unspecified atom stereocenters. The number of ether oxygens (including phenoxy) is 2. The van der Waals surface area contributed by atoms with E-state index in [1.165, 1.54) is 24.3 Å². The van der Waals surface area contributed by atoms with Gasteiger partial charge in [-0.3, -0.25) is 0 Å². The molecule has 0 radical (unpaired) electrons. The summed E-state index contributed by atoms with van der Waals surface area (Å²) in [6.07, 6.45) is -8.27. The minimum absolute atomic E-state index is 0.00123. The molecule has 0 bridgehead atoms. The van der Waals surface area contributed by atoms with Crippen LogP contribution in [0.2, 0.25) is 0 Å². The highest BCUT2D eigenvalue weighted by Crippen LogP contribution is 2.25. The number of aromatic hydroxyl groups is 1. The van der Waals surface area contributed by atoms with Gasteiger partial charge < -0.3 is 35.0 Å². The van der Waals surface area contributed by atoms with Crippen LogP contribution in [-0.2, 0) is 9.53 Å². The summed E-state index contributed by atoms with van der Waals surface area (Å²) in [6, 6.07) is 5.40. The maximum Gasteiger partial charge on any atom is 0.335 e. The molecule has 1 aliphatic heterocycles. The third kappa shape index (κ3) is 2.83. The van der Waals surface area contributed by atoms with E-state index in [4.69, 9.17) is 19.7 Å². The lowest BCUT2D eigenvalue weighted by Gasteiger charge is -2.38. The molecule has 1 aliphatic rings. The fraction of sp³-hybridized carbons (Fsp3) is 0.417. The third-order valence-electron chi connectivity index (χ3n) is 2.90. The van der Waals surface area contributed by atoms with Crippen molar-refractivity contribution in [2.75, 3.05) is 0 Å². The van der Waals surface area contributed by atoms with E-state index in [0.717, 1.165) is 0 Å². The lowest BCUT2D eigenvalue weighted by molar-refractivity contribution is -0.271. The molecule has 1 aromatic rings. The van der Waals surface area contributed by atoms with Crippen LogP contribution in [0.4, 0.5) is 0 Å². The van der Waals surface area contributed by atoms with Crippen LogP contribution in [0.1, 0.15) is 0 Å². The van der Waals surface area contributed by atoms with Gasteiger partial charge in [-0.1, -0.05) is 0 Å². The van der Waals surface area contributed by atoms with Gasteiger partial charge in [0.2, 0.25) is 6.29 Å². The normalized spacial score (nSPS) is 33.6. The number of hydrogen-bond acceptors (Lipinski definition) is 7. The second-order valence-corrected chi connectivity index (χ2v) is 4.35. The number of aliphatic hydroxyl groups excluding tert-OH is 3. The van der Waals surface area contributed by atoms with E-state index < -0.39 is 36.7 Å². The summed E-state index contributed by atoms with van der Waals surface area (Å²) >= 11 is 0. The summed E-state index contributed by atoms with van der Waals surface area (Å²) in [7, 11) is 0. The van der Waals surface area contributed by atoms with Crippen LogP contribution in [0.3, 0.4) is 0 Å². The quantitative estimate of drug-likeness (QED) is 0.460. The number of benzene rings is 1. The van der Waals surface area contributed by atoms with E-state index in [9.17, 15) is 20.1 Å². The molecule has 5 N–H and O–H groups in total. The first kappa shape index (κ1) is 14.5. The highest BCUT2D eigenvalue weighted by molar-refractivity contribution is 5.73. The van der Waals surface area contributed by atoms with E-state index in [1.807, 2.05) is 0 Å². The molecule has 1 fully saturated rings. The Morgan fingerprint density at radius 2 is 1.65 bits per heavy atom. The van der Waals surface area contributed by atoms with Crippen LogP contribution < -0.4 is 4.74 Å². The Morgan fingerprint density at radius 1 is 1.05 bits per heavy atom. The van der Waals surface area contributed by atoms with E-state index >= 15 is 0 Å². The number of aliphatic carboxylic acids is 1. The lowest BCUT2D eigenvalue weighted by atomic mass is 9.99. The largest absolute Gasteiger partial charge is 0.508 e. The zero-order chi connectivity index (χ0) is 14.9. The van der Waals surface area contributed by atoms with Crippen molar-refractivity contribution >= 4 is 5.97 Å². The maximum atomic E-state index is 10.9. The van der Waals surface area contributed by atoms with Crippen molar-refractivity contribution in [3.05, 3.63) is 24.3 Å². The molecule has 0 spiro atoms. The van der Waals surface area contributed by atoms with Gasteiger partial charge in [0.25, 0.3) is 0 Å². The zero-order valence-electron chi connectivity index (χ0n) is 10.2. The van der Waals surface area contributed by atoms with Gasteiger partial charge in [-0.15, -0.1) is 0 Å². The summed E-state index contributed by atoms with van der Waals surface area (Å²) in [5.41, 5.74) is 0. The van der Waals surface area contributed by atoms with Crippen molar-refractivity contribution in [2.24, 2.45) is 0 Å². The molecular weight excluding hydrogens is 272 g/mol. The van der Waals surface area contributed by atoms with Crippen molar-refractivity contribution in [1.29, 1.82) is 0 Å². The van der Waals surface area contributed by atoms with Crippen molar-refractivity contribution in [1.82, 2.24) is 0 Å². The van der Waals surface area contributed by atoms with Crippen molar-refractivity contribution in [2.45, 2.75) is 30.7 Å². The first-order valence-corrected chi connectivity index (χ1v) is 5.78. The molecule has 1 aromatic carbocycles. The topological polar surface area (TPSA) is 137 Å². The predicted molar refractivity (Wildman–Crippen MR) is 63.1 cm³/mol. The summed E-state index contributed by atoms with van der Waals surface area (Å²) in [5.74, 6) is -1.29. The van der Waals surface area contributed by atoms with Gasteiger partial charge in [-0.05, 0) is 24.3 Å². The summed E-state index contributed by atoms with van der Waals surface area (Å²) < 4.78 is 10.1. The molecule has 2 rings (SSSR count). The number of rotatable bonds is 3. The molecule has 0 aliphatic carbocycles. The Balaban J connectivity index is 2.13. The summed E-state index contributed by atoms with van der Waals surface area (Å²) in [6.45, 7) is 0. The molecule has 1 saturated heterocycles. The van der Waals surface area contributed by atoms with Crippen LogP contribution in [0.25, 0.3) is 0 Å². The average molecular weight is 286 g/mol. The number of carbonyl (C=O) groups is 1. The van der Waals surface area contributed by atoms with Gasteiger partial charge in [-0.2, -0.15) is 0 Å². The van der Waals surface area contributed by atoms with Crippen LogP contribution in [0, 0.1) is 0 Å². The highest BCUT2D eigenvalue weighted by atomic mass is 16.7. The summed E-state index contributed by atoms with van der Waals surface area (Å²) in [5, 5.41) is 46.8. The van der Waals surface area contributed by atoms with E-state index in [-0.39, 0.29) is 11.5 Å². The Bertz CT molecular complexity index is 473. The number of hydrogen-bond donors (Lipinski definition) is 5. The van der Waals surface area contributed by atoms with Crippen LogP contribution in [-0.4, -0.2) is 62.2 Å². The number of carboxylic acids is 1. The smallest absolute Gasteiger partial charge is 0.335 e. The van der Waals surface area contributed by atoms with Gasteiger partial charge in [0.1, 0.15) is 29.8 Å². The van der Waals surface area contributed by atoms with Crippen molar-refractivity contribution < 1.29 is 39.8 Å². The Kier molecular flexibility index (Phi) is 4.09. The molecular formula is C12H14O8. The lowest BCUT2D eigenvalue weighted by Crippen LogP contribution is -2.61. The number of carboxylic acid groups (broad SMARTS) is 1. The fourth-order valence-electron chi connectivity index (χ4n) is 1.81. The maximum absolute atomic E-state index is 10.9. The zero-order valence-corrected chi connectivity index (χ0v) is 10.2. The standard InChI is InChI=1S/C12H14O8/c13-5-1-3-6(4-2-5)19-12-9(16)7(14)8(15)10(20-12)11(17)18/h1-4,7-10,12-16H,(H,17,18)/t7-,8+,9-,10-,12-/m1/s1. The molecule has 0 aromatic heterocycles. The predicted octanol–water partition coefficient (Wildman–Crippen LogP) is -1.34. The molecule has 8 nitrogen and oxygen atoms in total. The molecule has 8 heteroatoms. The van der Waals surface area contributed by atoms with Crippen LogP contribution in [0.15, 0.2) is 24.3 Å². The van der Waals surface area contributed by atoms with Crippen LogP contribution >= 0.6 is 0 Å². The first-order chi connectivity index (χ1) is 9.40. The number of phenolic OH excluding ortho intramolecular Hbond substituents is 1. The Hall–Kier alpha value is -1.87. The summed E-state index contributed by atoms with van der Waals surface area (Å²) in [4.78, 5) is 10.9. The molecule has 5 atom stereocenters. The van der Waals surface area contributed by atoms with Gasteiger partial charge in [0.05, 0.1) is 0 Å².